The maximum Gasteiger partial charge on any atom is 0.0762 e. The highest BCUT2D eigenvalue weighted by atomic mass is 32.2. The van der Waals surface area contributed by atoms with E-state index in [1.54, 1.807) is 0 Å². The summed E-state index contributed by atoms with van der Waals surface area (Å²) in [7, 11) is 0. The fourth-order valence-electron chi connectivity index (χ4n) is 2.11. The molecule has 0 aliphatic heterocycles. The van der Waals surface area contributed by atoms with Gasteiger partial charge in [-0.3, -0.25) is 0 Å². The lowest BCUT2D eigenvalue weighted by molar-refractivity contribution is 0.177. The molecule has 0 aromatic heterocycles. The molecular weight excluding hydrogens is 254 g/mol. The van der Waals surface area contributed by atoms with Crippen LogP contribution >= 0.6 is 11.8 Å². The van der Waals surface area contributed by atoms with Gasteiger partial charge in [-0.05, 0) is 18.4 Å². The van der Waals surface area contributed by atoms with Gasteiger partial charge in [-0.1, -0.05) is 51.1 Å². The third-order valence-electron chi connectivity index (χ3n) is 3.41. The molecule has 3 heteroatoms. The fraction of sp³-hybridized carbons (Fsp3) is 0.625. The summed E-state index contributed by atoms with van der Waals surface area (Å²) in [6.07, 6.45) is 2.46. The Morgan fingerprint density at radius 3 is 2.32 bits per heavy atom. The van der Waals surface area contributed by atoms with Gasteiger partial charge in [-0.15, -0.1) is 0 Å². The first-order valence-corrected chi connectivity index (χ1v) is 8.02. The minimum Gasteiger partial charge on any atom is -0.394 e. The second kappa shape index (κ2) is 5.86. The lowest BCUT2D eigenvalue weighted by Gasteiger charge is -2.36. The van der Waals surface area contributed by atoms with E-state index in [1.165, 1.54) is 18.4 Å². The Hall–Kier alpha value is -0.510. The van der Waals surface area contributed by atoms with Crippen molar-refractivity contribution in [2.45, 2.75) is 49.9 Å². The number of thioether (sulfide) groups is 1. The van der Waals surface area contributed by atoms with Crippen molar-refractivity contribution >= 4 is 11.8 Å². The number of benzene rings is 1. The van der Waals surface area contributed by atoms with Crippen LogP contribution < -0.4 is 5.32 Å². The van der Waals surface area contributed by atoms with E-state index in [9.17, 15) is 5.11 Å². The summed E-state index contributed by atoms with van der Waals surface area (Å²) in [6.45, 7) is 6.82. The Morgan fingerprint density at radius 2 is 1.84 bits per heavy atom. The van der Waals surface area contributed by atoms with Gasteiger partial charge in [0.2, 0.25) is 0 Å². The molecule has 1 aromatic carbocycles. The van der Waals surface area contributed by atoms with Crippen molar-refractivity contribution in [2.24, 2.45) is 0 Å². The number of hydrogen-bond donors (Lipinski definition) is 2. The van der Waals surface area contributed by atoms with Crippen molar-refractivity contribution in [1.29, 1.82) is 0 Å². The summed E-state index contributed by atoms with van der Waals surface area (Å²) in [4.78, 5) is 0. The molecule has 1 unspecified atom stereocenters. The summed E-state index contributed by atoms with van der Waals surface area (Å²) in [6, 6.07) is 10.9. The molecule has 1 aliphatic carbocycles. The van der Waals surface area contributed by atoms with Gasteiger partial charge in [0.05, 0.1) is 12.1 Å². The summed E-state index contributed by atoms with van der Waals surface area (Å²) < 4.78 is 0.209. The van der Waals surface area contributed by atoms with Crippen molar-refractivity contribution in [2.75, 3.05) is 12.4 Å². The summed E-state index contributed by atoms with van der Waals surface area (Å²) in [5.74, 6) is 0.896. The molecule has 0 spiro atoms. The van der Waals surface area contributed by atoms with Crippen LogP contribution in [0.15, 0.2) is 30.3 Å². The Labute approximate surface area is 121 Å². The van der Waals surface area contributed by atoms with Crippen LogP contribution in [0.5, 0.6) is 0 Å². The van der Waals surface area contributed by atoms with Gasteiger partial charge in [-0.2, -0.15) is 11.8 Å². The molecule has 0 saturated heterocycles. The molecule has 2 rings (SSSR count). The Balaban J connectivity index is 2.19. The zero-order valence-corrected chi connectivity index (χ0v) is 13.0. The summed E-state index contributed by atoms with van der Waals surface area (Å²) in [5, 5.41) is 13.7. The standard InChI is InChI=1S/C16H25NOS/c1-15(2,3)19-12-16(11-18,17-14-9-10-14)13-7-5-4-6-8-13/h4-8,14,17-18H,9-12H2,1-3H3. The average molecular weight is 279 g/mol. The van der Waals surface area contributed by atoms with Crippen molar-refractivity contribution in [3.63, 3.8) is 0 Å². The van der Waals surface area contributed by atoms with Crippen molar-refractivity contribution in [1.82, 2.24) is 5.32 Å². The normalized spacial score (nSPS) is 19.2. The van der Waals surface area contributed by atoms with Gasteiger partial charge in [0.15, 0.2) is 0 Å². The second-order valence-electron chi connectivity index (χ2n) is 6.43. The van der Waals surface area contributed by atoms with Gasteiger partial charge >= 0.3 is 0 Å². The summed E-state index contributed by atoms with van der Waals surface area (Å²) >= 11 is 1.91. The third kappa shape index (κ3) is 4.23. The van der Waals surface area contributed by atoms with Crippen molar-refractivity contribution in [3.05, 3.63) is 35.9 Å². The van der Waals surface area contributed by atoms with Crippen LogP contribution in [0.4, 0.5) is 0 Å². The molecule has 0 heterocycles. The highest BCUT2D eigenvalue weighted by Crippen LogP contribution is 2.35. The van der Waals surface area contributed by atoms with Crippen molar-refractivity contribution < 1.29 is 5.11 Å². The molecular formula is C16H25NOS. The Morgan fingerprint density at radius 1 is 1.21 bits per heavy atom. The maximum absolute atomic E-state index is 10.0. The lowest BCUT2D eigenvalue weighted by Crippen LogP contribution is -2.49. The monoisotopic (exact) mass is 279 g/mol. The number of aliphatic hydroxyl groups is 1. The molecule has 2 N–H and O–H groups in total. The Kier molecular flexibility index (Phi) is 4.59. The van der Waals surface area contributed by atoms with E-state index in [-0.39, 0.29) is 16.9 Å². The molecule has 1 aliphatic rings. The fourth-order valence-corrected chi connectivity index (χ4v) is 3.13. The predicted octanol–water partition coefficient (Wildman–Crippen LogP) is 3.16. The van der Waals surface area contributed by atoms with Gasteiger partial charge in [0.1, 0.15) is 0 Å². The van der Waals surface area contributed by atoms with Crippen LogP contribution in [-0.4, -0.2) is 28.3 Å². The van der Waals surface area contributed by atoms with Crippen LogP contribution in [0.25, 0.3) is 0 Å². The Bertz CT molecular complexity index is 397. The molecule has 0 amide bonds. The van der Waals surface area contributed by atoms with E-state index >= 15 is 0 Å². The van der Waals surface area contributed by atoms with E-state index in [4.69, 9.17) is 0 Å². The minimum absolute atomic E-state index is 0.149. The molecule has 106 valence electrons. The molecule has 0 radical (unpaired) electrons. The van der Waals surface area contributed by atoms with Crippen molar-refractivity contribution in [3.8, 4) is 0 Å². The van der Waals surface area contributed by atoms with E-state index in [0.717, 1.165) is 5.75 Å². The molecule has 1 saturated carbocycles. The van der Waals surface area contributed by atoms with Crippen LogP contribution in [0, 0.1) is 0 Å². The van der Waals surface area contributed by atoms with E-state index in [1.807, 2.05) is 17.8 Å². The van der Waals surface area contributed by atoms with Crippen LogP contribution in [0.2, 0.25) is 0 Å². The highest BCUT2D eigenvalue weighted by Gasteiger charge is 2.38. The zero-order chi connectivity index (χ0) is 13.9. The number of aliphatic hydroxyl groups excluding tert-OH is 1. The predicted molar refractivity (Wildman–Crippen MR) is 83.6 cm³/mol. The topological polar surface area (TPSA) is 32.3 Å². The molecule has 0 bridgehead atoms. The first-order chi connectivity index (χ1) is 8.95. The first kappa shape index (κ1) is 14.9. The lowest BCUT2D eigenvalue weighted by atomic mass is 9.92. The van der Waals surface area contributed by atoms with Gasteiger partial charge in [-0.25, -0.2) is 0 Å². The smallest absolute Gasteiger partial charge is 0.0762 e. The quantitative estimate of drug-likeness (QED) is 0.839. The molecule has 1 aromatic rings. The average Bonchev–Trinajstić information content (AvgIpc) is 3.18. The van der Waals surface area contributed by atoms with Crippen LogP contribution in [0.3, 0.4) is 0 Å². The van der Waals surface area contributed by atoms with Gasteiger partial charge in [0.25, 0.3) is 0 Å². The molecule has 19 heavy (non-hydrogen) atoms. The van der Waals surface area contributed by atoms with E-state index in [2.05, 4.69) is 50.4 Å². The molecule has 1 fully saturated rings. The van der Waals surface area contributed by atoms with Gasteiger partial charge < -0.3 is 10.4 Å². The highest BCUT2D eigenvalue weighted by molar-refractivity contribution is 8.00. The SMILES string of the molecule is CC(C)(C)SCC(CO)(NC1CC1)c1ccccc1. The second-order valence-corrected chi connectivity index (χ2v) is 8.23. The minimum atomic E-state index is -0.305. The number of hydrogen-bond acceptors (Lipinski definition) is 3. The zero-order valence-electron chi connectivity index (χ0n) is 12.1. The largest absolute Gasteiger partial charge is 0.394 e. The number of nitrogens with one attached hydrogen (secondary N) is 1. The van der Waals surface area contributed by atoms with E-state index in [0.29, 0.717) is 6.04 Å². The van der Waals surface area contributed by atoms with E-state index < -0.39 is 0 Å². The molecule has 1 atom stereocenters. The number of rotatable bonds is 6. The van der Waals surface area contributed by atoms with Gasteiger partial charge in [0, 0.05) is 16.5 Å². The van der Waals surface area contributed by atoms with Crippen LogP contribution in [-0.2, 0) is 5.54 Å². The third-order valence-corrected chi connectivity index (χ3v) is 4.91. The molecule has 2 nitrogen and oxygen atoms in total. The summed E-state index contributed by atoms with van der Waals surface area (Å²) in [5.41, 5.74) is 0.890. The first-order valence-electron chi connectivity index (χ1n) is 7.03. The van der Waals surface area contributed by atoms with Crippen LogP contribution in [0.1, 0.15) is 39.2 Å². The maximum atomic E-state index is 10.0.